The molecule has 0 radical (unpaired) electrons. The van der Waals surface area contributed by atoms with Crippen LogP contribution in [0.4, 0.5) is 5.69 Å². The zero-order valence-corrected chi connectivity index (χ0v) is 12.8. The standard InChI is InChI=1S/C15H25N3O2/c1-5-12(6-2)18(7-8-19)15(20)13-10-17-11(3)9-14(13)16-4/h9-10,12,19H,5-8H2,1-4H3,(H,16,17). The van der Waals surface area contributed by atoms with Crippen molar-refractivity contribution in [3.05, 3.63) is 23.5 Å². The Morgan fingerprint density at radius 2 is 2.10 bits per heavy atom. The van der Waals surface area contributed by atoms with E-state index in [9.17, 15) is 9.90 Å². The molecule has 5 heteroatoms. The Morgan fingerprint density at radius 1 is 1.45 bits per heavy atom. The molecule has 0 saturated heterocycles. The van der Waals surface area contributed by atoms with E-state index in [-0.39, 0.29) is 18.6 Å². The SMILES string of the molecule is CCC(CC)N(CCO)C(=O)c1cnc(C)cc1NC. The van der Waals surface area contributed by atoms with E-state index in [1.54, 1.807) is 18.1 Å². The maximum atomic E-state index is 12.7. The molecular formula is C15H25N3O2. The number of rotatable bonds is 7. The monoisotopic (exact) mass is 279 g/mol. The third kappa shape index (κ3) is 3.70. The zero-order chi connectivity index (χ0) is 15.1. The number of aliphatic hydroxyl groups excluding tert-OH is 1. The zero-order valence-electron chi connectivity index (χ0n) is 12.8. The van der Waals surface area contributed by atoms with Gasteiger partial charge in [0.05, 0.1) is 17.9 Å². The number of nitrogens with one attached hydrogen (secondary N) is 1. The summed E-state index contributed by atoms with van der Waals surface area (Å²) in [6, 6.07) is 2.00. The Morgan fingerprint density at radius 3 is 2.60 bits per heavy atom. The molecule has 1 aromatic heterocycles. The first-order valence-corrected chi connectivity index (χ1v) is 7.15. The van der Waals surface area contributed by atoms with Crippen LogP contribution >= 0.6 is 0 Å². The van der Waals surface area contributed by atoms with Crippen LogP contribution in [0.5, 0.6) is 0 Å². The highest BCUT2D eigenvalue weighted by Crippen LogP contribution is 2.20. The predicted octanol–water partition coefficient (Wildman–Crippen LogP) is 2.05. The smallest absolute Gasteiger partial charge is 0.257 e. The molecule has 112 valence electrons. The van der Waals surface area contributed by atoms with Crippen LogP contribution in [0.1, 0.15) is 42.7 Å². The van der Waals surface area contributed by atoms with Crippen molar-refractivity contribution < 1.29 is 9.90 Å². The number of hydrogen-bond donors (Lipinski definition) is 2. The first kappa shape index (κ1) is 16.4. The second-order valence-corrected chi connectivity index (χ2v) is 4.81. The van der Waals surface area contributed by atoms with Gasteiger partial charge < -0.3 is 15.3 Å². The van der Waals surface area contributed by atoms with E-state index in [4.69, 9.17) is 0 Å². The van der Waals surface area contributed by atoms with Crippen LogP contribution < -0.4 is 5.32 Å². The lowest BCUT2D eigenvalue weighted by atomic mass is 10.1. The van der Waals surface area contributed by atoms with Crippen LogP contribution in [-0.2, 0) is 0 Å². The molecular weight excluding hydrogens is 254 g/mol. The molecule has 20 heavy (non-hydrogen) atoms. The van der Waals surface area contributed by atoms with E-state index in [1.807, 2.05) is 13.0 Å². The molecule has 1 amide bonds. The van der Waals surface area contributed by atoms with E-state index >= 15 is 0 Å². The van der Waals surface area contributed by atoms with Gasteiger partial charge in [0, 0.05) is 31.5 Å². The van der Waals surface area contributed by atoms with E-state index in [0.717, 1.165) is 24.2 Å². The summed E-state index contributed by atoms with van der Waals surface area (Å²) in [7, 11) is 1.79. The largest absolute Gasteiger partial charge is 0.395 e. The fourth-order valence-corrected chi connectivity index (χ4v) is 2.38. The summed E-state index contributed by atoms with van der Waals surface area (Å²) in [4.78, 5) is 18.7. The molecule has 1 rings (SSSR count). The summed E-state index contributed by atoms with van der Waals surface area (Å²) in [6.45, 7) is 6.32. The van der Waals surface area contributed by atoms with Crippen molar-refractivity contribution in [1.29, 1.82) is 0 Å². The van der Waals surface area contributed by atoms with Crippen molar-refractivity contribution in [1.82, 2.24) is 9.88 Å². The van der Waals surface area contributed by atoms with Gasteiger partial charge in [0.1, 0.15) is 0 Å². The number of pyridine rings is 1. The van der Waals surface area contributed by atoms with Crippen molar-refractivity contribution in [3.8, 4) is 0 Å². The van der Waals surface area contributed by atoms with Crippen LogP contribution in [0.25, 0.3) is 0 Å². The molecule has 5 nitrogen and oxygen atoms in total. The maximum Gasteiger partial charge on any atom is 0.257 e. The summed E-state index contributed by atoms with van der Waals surface area (Å²) < 4.78 is 0. The number of aromatic nitrogens is 1. The van der Waals surface area contributed by atoms with Crippen LogP contribution in [0, 0.1) is 6.92 Å². The van der Waals surface area contributed by atoms with E-state index < -0.39 is 0 Å². The molecule has 0 atom stereocenters. The van der Waals surface area contributed by atoms with Gasteiger partial charge in [0.2, 0.25) is 0 Å². The molecule has 0 spiro atoms. The summed E-state index contributed by atoms with van der Waals surface area (Å²) in [5, 5.41) is 12.3. The number of anilines is 1. The van der Waals surface area contributed by atoms with Gasteiger partial charge in [0.15, 0.2) is 0 Å². The third-order valence-electron chi connectivity index (χ3n) is 3.53. The lowest BCUT2D eigenvalue weighted by Crippen LogP contribution is -2.41. The van der Waals surface area contributed by atoms with Crippen LogP contribution in [-0.4, -0.2) is 47.1 Å². The van der Waals surface area contributed by atoms with E-state index in [0.29, 0.717) is 12.1 Å². The minimum atomic E-state index is -0.0791. The Labute approximate surface area is 121 Å². The van der Waals surface area contributed by atoms with Gasteiger partial charge in [-0.05, 0) is 25.8 Å². The van der Waals surface area contributed by atoms with Crippen LogP contribution in [0.3, 0.4) is 0 Å². The van der Waals surface area contributed by atoms with Gasteiger partial charge in [-0.1, -0.05) is 13.8 Å². The summed E-state index contributed by atoms with van der Waals surface area (Å²) in [6.07, 6.45) is 3.35. The van der Waals surface area contributed by atoms with Crippen molar-refractivity contribution in [2.24, 2.45) is 0 Å². The topological polar surface area (TPSA) is 65.5 Å². The highest BCUT2D eigenvalue weighted by Gasteiger charge is 2.24. The fourth-order valence-electron chi connectivity index (χ4n) is 2.38. The quantitative estimate of drug-likeness (QED) is 0.802. The molecule has 0 aliphatic carbocycles. The Kier molecular flexibility index (Phi) is 6.45. The molecule has 1 aromatic rings. The second kappa shape index (κ2) is 7.85. The Bertz CT molecular complexity index is 445. The minimum absolute atomic E-state index is 0.0313. The summed E-state index contributed by atoms with van der Waals surface area (Å²) in [5.74, 6) is -0.0791. The molecule has 0 aliphatic rings. The molecule has 2 N–H and O–H groups in total. The van der Waals surface area contributed by atoms with Gasteiger partial charge in [-0.2, -0.15) is 0 Å². The molecule has 0 aromatic carbocycles. The molecule has 0 fully saturated rings. The minimum Gasteiger partial charge on any atom is -0.395 e. The highest BCUT2D eigenvalue weighted by molar-refractivity contribution is 5.99. The first-order chi connectivity index (χ1) is 9.58. The Balaban J connectivity index is 3.11. The van der Waals surface area contributed by atoms with Crippen molar-refractivity contribution in [3.63, 3.8) is 0 Å². The molecule has 0 bridgehead atoms. The first-order valence-electron chi connectivity index (χ1n) is 7.15. The van der Waals surface area contributed by atoms with Crippen molar-refractivity contribution in [2.45, 2.75) is 39.7 Å². The maximum absolute atomic E-state index is 12.7. The second-order valence-electron chi connectivity index (χ2n) is 4.81. The number of carbonyl (C=O) groups is 1. The van der Waals surface area contributed by atoms with Crippen LogP contribution in [0.15, 0.2) is 12.3 Å². The predicted molar refractivity (Wildman–Crippen MR) is 81.0 cm³/mol. The number of aliphatic hydroxyl groups is 1. The molecule has 0 aliphatic heterocycles. The summed E-state index contributed by atoms with van der Waals surface area (Å²) in [5.41, 5.74) is 2.19. The summed E-state index contributed by atoms with van der Waals surface area (Å²) >= 11 is 0. The fraction of sp³-hybridized carbons (Fsp3) is 0.600. The lowest BCUT2D eigenvalue weighted by Gasteiger charge is -2.30. The number of aryl methyl sites for hydroxylation is 1. The molecule has 0 unspecified atom stereocenters. The average Bonchev–Trinajstić information content (AvgIpc) is 2.46. The van der Waals surface area contributed by atoms with Crippen molar-refractivity contribution >= 4 is 11.6 Å². The van der Waals surface area contributed by atoms with Crippen molar-refractivity contribution in [2.75, 3.05) is 25.5 Å². The normalized spacial score (nSPS) is 10.7. The van der Waals surface area contributed by atoms with E-state index in [1.165, 1.54) is 0 Å². The molecule has 0 saturated carbocycles. The lowest BCUT2D eigenvalue weighted by molar-refractivity contribution is 0.0623. The number of carbonyl (C=O) groups excluding carboxylic acids is 1. The Hall–Kier alpha value is -1.62. The van der Waals surface area contributed by atoms with E-state index in [2.05, 4.69) is 24.1 Å². The van der Waals surface area contributed by atoms with Gasteiger partial charge in [-0.15, -0.1) is 0 Å². The molecule has 1 heterocycles. The third-order valence-corrected chi connectivity index (χ3v) is 3.53. The number of hydrogen-bond acceptors (Lipinski definition) is 4. The van der Waals surface area contributed by atoms with Gasteiger partial charge in [0.25, 0.3) is 5.91 Å². The number of amides is 1. The van der Waals surface area contributed by atoms with Gasteiger partial charge in [-0.25, -0.2) is 0 Å². The highest BCUT2D eigenvalue weighted by atomic mass is 16.3. The van der Waals surface area contributed by atoms with Gasteiger partial charge >= 0.3 is 0 Å². The van der Waals surface area contributed by atoms with Gasteiger partial charge in [-0.3, -0.25) is 9.78 Å². The van der Waals surface area contributed by atoms with Crippen LogP contribution in [0.2, 0.25) is 0 Å². The number of nitrogens with zero attached hydrogens (tertiary/aromatic N) is 2. The average molecular weight is 279 g/mol.